The van der Waals surface area contributed by atoms with Crippen LogP contribution in [-0.4, -0.2) is 38.5 Å². The minimum absolute atomic E-state index is 0.0354. The highest BCUT2D eigenvalue weighted by atomic mass is 32.2. The lowest BCUT2D eigenvalue weighted by molar-refractivity contribution is -0.385. The number of aryl methyl sites for hydroxylation is 1. The topological polar surface area (TPSA) is 128 Å². The van der Waals surface area contributed by atoms with E-state index < -0.39 is 14.9 Å². The molecule has 10 heteroatoms. The monoisotopic (exact) mass is 419 g/mol. The maximum Gasteiger partial charge on any atom is 0.273 e. The zero-order chi connectivity index (χ0) is 21.0. The number of anilines is 1. The van der Waals surface area contributed by atoms with Crippen molar-refractivity contribution in [3.05, 3.63) is 63.7 Å². The maximum absolute atomic E-state index is 12.5. The first-order valence-electron chi connectivity index (χ1n) is 9.03. The minimum atomic E-state index is -4.01. The van der Waals surface area contributed by atoms with E-state index in [0.717, 1.165) is 18.9 Å². The fourth-order valence-electron chi connectivity index (χ4n) is 2.98. The number of carbonyl (C=O) groups is 1. The van der Waals surface area contributed by atoms with Gasteiger partial charge in [0.15, 0.2) is 0 Å². The Morgan fingerprint density at radius 3 is 2.55 bits per heavy atom. The average Bonchev–Trinajstić information content (AvgIpc) is 2.69. The van der Waals surface area contributed by atoms with Crippen LogP contribution < -0.4 is 10.0 Å². The quantitative estimate of drug-likeness (QED) is 0.547. The van der Waals surface area contributed by atoms with E-state index in [2.05, 4.69) is 10.0 Å². The van der Waals surface area contributed by atoms with Crippen LogP contribution in [0.5, 0.6) is 0 Å². The van der Waals surface area contributed by atoms with Crippen LogP contribution in [0.3, 0.4) is 0 Å². The fourth-order valence-corrected chi connectivity index (χ4v) is 4.06. The Morgan fingerprint density at radius 1 is 1.21 bits per heavy atom. The molecule has 2 aromatic rings. The summed E-state index contributed by atoms with van der Waals surface area (Å²) < 4.78 is 32.8. The smallest absolute Gasteiger partial charge is 0.273 e. The minimum Gasteiger partial charge on any atom is -0.379 e. The molecule has 0 bridgehead atoms. The number of ether oxygens (including phenoxy) is 1. The first-order chi connectivity index (χ1) is 13.8. The molecule has 154 valence electrons. The van der Waals surface area contributed by atoms with Gasteiger partial charge in [-0.1, -0.05) is 6.07 Å². The van der Waals surface area contributed by atoms with Crippen LogP contribution in [0.4, 0.5) is 11.4 Å². The first kappa shape index (κ1) is 20.7. The Morgan fingerprint density at radius 2 is 1.93 bits per heavy atom. The van der Waals surface area contributed by atoms with Crippen molar-refractivity contribution < 1.29 is 22.9 Å². The van der Waals surface area contributed by atoms with Crippen LogP contribution in [0.15, 0.2) is 47.4 Å². The molecular formula is C19H21N3O6S. The second kappa shape index (κ2) is 8.58. The Kier molecular flexibility index (Phi) is 6.14. The molecule has 1 amide bonds. The van der Waals surface area contributed by atoms with E-state index >= 15 is 0 Å². The van der Waals surface area contributed by atoms with Crippen LogP contribution in [0.2, 0.25) is 0 Å². The van der Waals surface area contributed by atoms with Gasteiger partial charge in [-0.05, 0) is 50.1 Å². The third-order valence-electron chi connectivity index (χ3n) is 4.58. The third-order valence-corrected chi connectivity index (χ3v) is 5.96. The number of nitrogens with zero attached hydrogens (tertiary/aromatic N) is 1. The van der Waals surface area contributed by atoms with Gasteiger partial charge in [0.25, 0.3) is 21.6 Å². The van der Waals surface area contributed by atoms with Gasteiger partial charge >= 0.3 is 0 Å². The molecule has 29 heavy (non-hydrogen) atoms. The molecule has 1 heterocycles. The van der Waals surface area contributed by atoms with Gasteiger partial charge in [0.2, 0.25) is 0 Å². The summed E-state index contributed by atoms with van der Waals surface area (Å²) in [6, 6.07) is 9.62. The van der Waals surface area contributed by atoms with E-state index in [1.807, 2.05) is 0 Å². The number of amides is 1. The SMILES string of the molecule is Cc1ccc(S(=O)(=O)Nc2ccc(C(=O)NC3CCCOC3)cc2)cc1[N+](=O)[O-]. The molecule has 1 aliphatic heterocycles. The summed E-state index contributed by atoms with van der Waals surface area (Å²) in [6.45, 7) is 2.71. The van der Waals surface area contributed by atoms with Crippen molar-refractivity contribution in [3.63, 3.8) is 0 Å². The summed E-state index contributed by atoms with van der Waals surface area (Å²) in [5, 5.41) is 13.9. The van der Waals surface area contributed by atoms with E-state index in [9.17, 15) is 23.3 Å². The van der Waals surface area contributed by atoms with Crippen LogP contribution in [0, 0.1) is 17.0 Å². The molecule has 0 saturated carbocycles. The molecule has 2 N–H and O–H groups in total. The molecule has 1 saturated heterocycles. The summed E-state index contributed by atoms with van der Waals surface area (Å²) in [5.74, 6) is -0.260. The van der Waals surface area contributed by atoms with E-state index in [1.54, 1.807) is 0 Å². The summed E-state index contributed by atoms with van der Waals surface area (Å²) in [5.41, 5.74) is 0.731. The van der Waals surface area contributed by atoms with Gasteiger partial charge in [0.05, 0.1) is 22.5 Å². The molecule has 0 aromatic heterocycles. The first-order valence-corrected chi connectivity index (χ1v) is 10.5. The molecule has 1 fully saturated rings. The molecule has 0 spiro atoms. The van der Waals surface area contributed by atoms with E-state index in [-0.39, 0.29) is 28.2 Å². The predicted molar refractivity (Wildman–Crippen MR) is 106 cm³/mol. The molecule has 2 aromatic carbocycles. The van der Waals surface area contributed by atoms with Crippen molar-refractivity contribution in [2.45, 2.75) is 30.7 Å². The van der Waals surface area contributed by atoms with Gasteiger partial charge in [0, 0.05) is 29.5 Å². The number of carbonyl (C=O) groups excluding carboxylic acids is 1. The average molecular weight is 419 g/mol. The number of hydrogen-bond donors (Lipinski definition) is 2. The molecule has 0 aliphatic carbocycles. The maximum atomic E-state index is 12.5. The molecular weight excluding hydrogens is 398 g/mol. The van der Waals surface area contributed by atoms with Crippen molar-refractivity contribution in [3.8, 4) is 0 Å². The summed E-state index contributed by atoms with van der Waals surface area (Å²) in [6.07, 6.45) is 1.75. The normalized spacial score (nSPS) is 16.8. The van der Waals surface area contributed by atoms with E-state index in [0.29, 0.717) is 24.3 Å². The summed E-state index contributed by atoms with van der Waals surface area (Å²) in [4.78, 5) is 22.5. The Hall–Kier alpha value is -2.98. The Bertz CT molecular complexity index is 1010. The van der Waals surface area contributed by atoms with Crippen LogP contribution in [0.25, 0.3) is 0 Å². The lowest BCUT2D eigenvalue weighted by atomic mass is 10.1. The van der Waals surface area contributed by atoms with E-state index in [1.165, 1.54) is 43.3 Å². The van der Waals surface area contributed by atoms with Crippen molar-refractivity contribution in [2.24, 2.45) is 0 Å². The fraction of sp³-hybridized carbons (Fsp3) is 0.316. The molecule has 1 unspecified atom stereocenters. The van der Waals surface area contributed by atoms with Gasteiger partial charge < -0.3 is 10.1 Å². The highest BCUT2D eigenvalue weighted by Crippen LogP contribution is 2.24. The summed E-state index contributed by atoms with van der Waals surface area (Å²) >= 11 is 0. The molecule has 9 nitrogen and oxygen atoms in total. The molecule has 1 aliphatic rings. The second-order valence-corrected chi connectivity index (χ2v) is 8.46. The Labute approximate surface area is 168 Å². The van der Waals surface area contributed by atoms with Gasteiger partial charge in [-0.15, -0.1) is 0 Å². The standard InChI is InChI=1S/C19H21N3O6S/c1-13-4-9-17(11-18(13)22(24)25)29(26,27)21-15-7-5-14(6-8-15)19(23)20-16-3-2-10-28-12-16/h4-9,11,16,21H,2-3,10,12H2,1H3,(H,20,23). The number of hydrogen-bond acceptors (Lipinski definition) is 6. The summed E-state index contributed by atoms with van der Waals surface area (Å²) in [7, 11) is -4.01. The number of nitro benzene ring substituents is 1. The third kappa shape index (κ3) is 5.09. The lowest BCUT2D eigenvalue weighted by Gasteiger charge is -2.23. The van der Waals surface area contributed by atoms with Crippen molar-refractivity contribution >= 4 is 27.3 Å². The lowest BCUT2D eigenvalue weighted by Crippen LogP contribution is -2.40. The van der Waals surface area contributed by atoms with Crippen molar-refractivity contribution in [2.75, 3.05) is 17.9 Å². The van der Waals surface area contributed by atoms with Crippen LogP contribution in [-0.2, 0) is 14.8 Å². The Balaban J connectivity index is 1.71. The van der Waals surface area contributed by atoms with Crippen LogP contribution in [0.1, 0.15) is 28.8 Å². The molecule has 3 rings (SSSR count). The van der Waals surface area contributed by atoms with Crippen molar-refractivity contribution in [1.29, 1.82) is 0 Å². The zero-order valence-electron chi connectivity index (χ0n) is 15.8. The van der Waals surface area contributed by atoms with E-state index in [4.69, 9.17) is 4.74 Å². The van der Waals surface area contributed by atoms with Gasteiger partial charge in [-0.25, -0.2) is 8.42 Å². The molecule has 0 radical (unpaired) electrons. The number of nitrogens with one attached hydrogen (secondary N) is 2. The highest BCUT2D eigenvalue weighted by molar-refractivity contribution is 7.92. The number of rotatable bonds is 6. The number of sulfonamides is 1. The number of benzene rings is 2. The second-order valence-electron chi connectivity index (χ2n) is 6.78. The zero-order valence-corrected chi connectivity index (χ0v) is 16.6. The predicted octanol–water partition coefficient (Wildman–Crippen LogP) is 2.61. The van der Waals surface area contributed by atoms with Gasteiger partial charge in [-0.3, -0.25) is 19.6 Å². The largest absolute Gasteiger partial charge is 0.379 e. The van der Waals surface area contributed by atoms with Gasteiger partial charge in [0.1, 0.15) is 0 Å². The highest BCUT2D eigenvalue weighted by Gasteiger charge is 2.21. The van der Waals surface area contributed by atoms with Gasteiger partial charge in [-0.2, -0.15) is 0 Å². The number of nitro groups is 1. The molecule has 1 atom stereocenters. The van der Waals surface area contributed by atoms with Crippen molar-refractivity contribution in [1.82, 2.24) is 5.32 Å². The van der Waals surface area contributed by atoms with Crippen LogP contribution >= 0.6 is 0 Å².